The molecule has 1 radical (unpaired) electrons. The Morgan fingerprint density at radius 3 is 2.03 bits per heavy atom. The average molecular weight is 467 g/mol. The predicted molar refractivity (Wildman–Crippen MR) is 136 cm³/mol. The molecule has 0 bridgehead atoms. The van der Waals surface area contributed by atoms with Gasteiger partial charge in [-0.05, 0) is 73.0 Å². The molecular formula is C30H28NO4. The summed E-state index contributed by atoms with van der Waals surface area (Å²) >= 11 is 0. The second-order valence-electron chi connectivity index (χ2n) is 7.88. The highest BCUT2D eigenvalue weighted by Gasteiger charge is 2.05. The number of hydrogen-bond acceptors (Lipinski definition) is 4. The van der Waals surface area contributed by atoms with Gasteiger partial charge in [0, 0.05) is 18.2 Å². The van der Waals surface area contributed by atoms with Crippen LogP contribution in [0.15, 0.2) is 103 Å². The van der Waals surface area contributed by atoms with E-state index in [1.807, 2.05) is 91.0 Å². The summed E-state index contributed by atoms with van der Waals surface area (Å²) in [5.74, 6) is 2.95. The molecule has 0 aliphatic heterocycles. The average Bonchev–Trinajstić information content (AvgIpc) is 2.91. The van der Waals surface area contributed by atoms with Gasteiger partial charge in [-0.3, -0.25) is 4.79 Å². The van der Waals surface area contributed by atoms with E-state index in [2.05, 4.69) is 11.4 Å². The van der Waals surface area contributed by atoms with Crippen molar-refractivity contribution in [3.05, 3.63) is 120 Å². The van der Waals surface area contributed by atoms with Gasteiger partial charge in [0.15, 0.2) is 0 Å². The van der Waals surface area contributed by atoms with Crippen molar-refractivity contribution in [1.29, 1.82) is 0 Å². The number of rotatable bonds is 12. The SMILES string of the molecule is O=C(NCc1[c]c(OCCCCOc2ccc(Oc3ccccc3)cc2)ccc1)c1ccccc1. The van der Waals surface area contributed by atoms with Crippen LogP contribution in [0, 0.1) is 6.07 Å². The van der Waals surface area contributed by atoms with Gasteiger partial charge in [0.1, 0.15) is 23.0 Å². The number of benzene rings is 4. The Morgan fingerprint density at radius 1 is 0.657 bits per heavy atom. The maximum absolute atomic E-state index is 12.2. The lowest BCUT2D eigenvalue weighted by Gasteiger charge is -2.10. The molecule has 4 aromatic rings. The van der Waals surface area contributed by atoms with Crippen LogP contribution in [0.1, 0.15) is 28.8 Å². The summed E-state index contributed by atoms with van der Waals surface area (Å²) in [6, 6.07) is 35.4. The summed E-state index contributed by atoms with van der Waals surface area (Å²) in [5.41, 5.74) is 1.51. The van der Waals surface area contributed by atoms with Crippen LogP contribution >= 0.6 is 0 Å². The Balaban J connectivity index is 1.12. The van der Waals surface area contributed by atoms with Gasteiger partial charge in [0.05, 0.1) is 13.2 Å². The Bertz CT molecular complexity index is 1180. The molecule has 0 saturated carbocycles. The van der Waals surface area contributed by atoms with Crippen LogP contribution in [0.5, 0.6) is 23.0 Å². The number of para-hydroxylation sites is 1. The van der Waals surface area contributed by atoms with Crippen LogP contribution in [0.25, 0.3) is 0 Å². The molecular weight excluding hydrogens is 438 g/mol. The Morgan fingerprint density at radius 2 is 1.29 bits per heavy atom. The predicted octanol–water partition coefficient (Wildman–Crippen LogP) is 6.45. The first-order chi connectivity index (χ1) is 17.3. The summed E-state index contributed by atoms with van der Waals surface area (Å²) < 4.78 is 17.4. The van der Waals surface area contributed by atoms with Crippen LogP contribution in [0.2, 0.25) is 0 Å². The number of unbranched alkanes of at least 4 members (excludes halogenated alkanes) is 1. The van der Waals surface area contributed by atoms with Crippen LogP contribution in [-0.2, 0) is 6.54 Å². The third-order valence-electron chi connectivity index (χ3n) is 5.17. The molecule has 1 N–H and O–H groups in total. The van der Waals surface area contributed by atoms with E-state index in [4.69, 9.17) is 14.2 Å². The van der Waals surface area contributed by atoms with Crippen molar-refractivity contribution in [2.45, 2.75) is 19.4 Å². The topological polar surface area (TPSA) is 56.8 Å². The molecule has 0 aliphatic carbocycles. The Hall–Kier alpha value is -4.25. The number of amides is 1. The minimum atomic E-state index is -0.108. The first-order valence-corrected chi connectivity index (χ1v) is 11.7. The van der Waals surface area contributed by atoms with Crippen molar-refractivity contribution < 1.29 is 19.0 Å². The molecule has 4 rings (SSSR count). The monoisotopic (exact) mass is 466 g/mol. The quantitative estimate of drug-likeness (QED) is 0.244. The van der Waals surface area contributed by atoms with Crippen LogP contribution in [0.4, 0.5) is 0 Å². The third kappa shape index (κ3) is 7.93. The highest BCUT2D eigenvalue weighted by Crippen LogP contribution is 2.23. The normalized spacial score (nSPS) is 10.4. The molecule has 35 heavy (non-hydrogen) atoms. The Labute approximate surface area is 206 Å². The molecule has 4 aromatic carbocycles. The van der Waals surface area contributed by atoms with E-state index < -0.39 is 0 Å². The first kappa shape index (κ1) is 23.9. The fraction of sp³-hybridized carbons (Fsp3) is 0.167. The molecule has 0 aromatic heterocycles. The first-order valence-electron chi connectivity index (χ1n) is 11.7. The van der Waals surface area contributed by atoms with Gasteiger partial charge < -0.3 is 19.5 Å². The lowest BCUT2D eigenvalue weighted by atomic mass is 10.2. The molecule has 0 heterocycles. The van der Waals surface area contributed by atoms with E-state index in [0.717, 1.165) is 35.7 Å². The molecule has 5 heteroatoms. The molecule has 0 spiro atoms. The summed E-state index contributed by atoms with van der Waals surface area (Å²) in [6.45, 7) is 1.58. The molecule has 0 aliphatic rings. The second-order valence-corrected chi connectivity index (χ2v) is 7.88. The number of hydrogen-bond donors (Lipinski definition) is 1. The van der Waals surface area contributed by atoms with Crippen molar-refractivity contribution in [3.8, 4) is 23.0 Å². The van der Waals surface area contributed by atoms with Crippen molar-refractivity contribution in [1.82, 2.24) is 5.32 Å². The van der Waals surface area contributed by atoms with Crippen molar-refractivity contribution in [2.75, 3.05) is 13.2 Å². The standard InChI is InChI=1S/C30H28NO4/c32-30(25-11-3-1-4-12-25)31-23-24-10-9-15-29(22-24)34-21-8-7-20-33-26-16-18-28(19-17-26)35-27-13-5-2-6-14-27/h1-6,9-19H,7-8,20-21,23H2,(H,31,32). The van der Waals surface area contributed by atoms with Crippen molar-refractivity contribution >= 4 is 5.91 Å². The highest BCUT2D eigenvalue weighted by atomic mass is 16.5. The number of carbonyl (C=O) groups is 1. The second kappa shape index (κ2) is 12.8. The number of nitrogens with one attached hydrogen (secondary N) is 1. The fourth-order valence-corrected chi connectivity index (χ4v) is 3.35. The fourth-order valence-electron chi connectivity index (χ4n) is 3.35. The number of ether oxygens (including phenoxy) is 3. The molecule has 0 fully saturated rings. The zero-order valence-electron chi connectivity index (χ0n) is 19.5. The van der Waals surface area contributed by atoms with Gasteiger partial charge in [0.25, 0.3) is 5.91 Å². The van der Waals surface area contributed by atoms with Gasteiger partial charge in [-0.1, -0.05) is 48.5 Å². The van der Waals surface area contributed by atoms with E-state index >= 15 is 0 Å². The molecule has 0 unspecified atom stereocenters. The molecule has 0 atom stereocenters. The van der Waals surface area contributed by atoms with Gasteiger partial charge in [-0.15, -0.1) is 0 Å². The van der Waals surface area contributed by atoms with Crippen molar-refractivity contribution in [3.63, 3.8) is 0 Å². The Kier molecular flexibility index (Phi) is 8.77. The van der Waals surface area contributed by atoms with E-state index in [0.29, 0.717) is 31.1 Å². The lowest BCUT2D eigenvalue weighted by Crippen LogP contribution is -2.22. The van der Waals surface area contributed by atoms with Crippen LogP contribution in [0.3, 0.4) is 0 Å². The molecule has 1 amide bonds. The molecule has 177 valence electrons. The van der Waals surface area contributed by atoms with Gasteiger partial charge in [-0.25, -0.2) is 0 Å². The van der Waals surface area contributed by atoms with Gasteiger partial charge in [-0.2, -0.15) is 0 Å². The summed E-state index contributed by atoms with van der Waals surface area (Å²) in [4.78, 5) is 12.2. The van der Waals surface area contributed by atoms with E-state index in [9.17, 15) is 4.79 Å². The zero-order chi connectivity index (χ0) is 24.1. The summed E-state index contributed by atoms with van der Waals surface area (Å²) in [6.07, 6.45) is 1.73. The van der Waals surface area contributed by atoms with Crippen LogP contribution < -0.4 is 19.5 Å². The number of carbonyl (C=O) groups excluding carboxylic acids is 1. The summed E-state index contributed by atoms with van der Waals surface area (Å²) in [7, 11) is 0. The van der Waals surface area contributed by atoms with E-state index in [-0.39, 0.29) is 5.91 Å². The molecule has 0 saturated heterocycles. The zero-order valence-corrected chi connectivity index (χ0v) is 19.5. The smallest absolute Gasteiger partial charge is 0.251 e. The van der Waals surface area contributed by atoms with E-state index in [1.54, 1.807) is 12.1 Å². The van der Waals surface area contributed by atoms with E-state index in [1.165, 1.54) is 0 Å². The minimum absolute atomic E-state index is 0.108. The third-order valence-corrected chi connectivity index (χ3v) is 5.17. The lowest BCUT2D eigenvalue weighted by molar-refractivity contribution is 0.0951. The van der Waals surface area contributed by atoms with Gasteiger partial charge >= 0.3 is 0 Å². The van der Waals surface area contributed by atoms with Gasteiger partial charge in [0.2, 0.25) is 0 Å². The van der Waals surface area contributed by atoms with Crippen LogP contribution in [-0.4, -0.2) is 19.1 Å². The maximum atomic E-state index is 12.2. The highest BCUT2D eigenvalue weighted by molar-refractivity contribution is 5.94. The molecule has 5 nitrogen and oxygen atoms in total. The maximum Gasteiger partial charge on any atom is 0.251 e. The summed E-state index contributed by atoms with van der Waals surface area (Å²) in [5, 5.41) is 2.91. The van der Waals surface area contributed by atoms with Crippen molar-refractivity contribution in [2.24, 2.45) is 0 Å². The minimum Gasteiger partial charge on any atom is -0.494 e. The largest absolute Gasteiger partial charge is 0.494 e.